The fourth-order valence-electron chi connectivity index (χ4n) is 3.33. The third-order valence-corrected chi connectivity index (χ3v) is 5.08. The van der Waals surface area contributed by atoms with Crippen LogP contribution in [-0.4, -0.2) is 49.0 Å². The Labute approximate surface area is 162 Å². The number of carbonyl (C=O) groups excluding carboxylic acids is 2. The van der Waals surface area contributed by atoms with Crippen LogP contribution in [0.25, 0.3) is 0 Å². The van der Waals surface area contributed by atoms with E-state index in [1.165, 1.54) is 5.56 Å². The van der Waals surface area contributed by atoms with Crippen LogP contribution in [0.4, 0.5) is 0 Å². The number of aryl methyl sites for hydroxylation is 1. The fraction of sp³-hybridized carbons (Fsp3) is 0.619. The Balaban J connectivity index is 2.00. The van der Waals surface area contributed by atoms with Gasteiger partial charge in [-0.25, -0.2) is 0 Å². The summed E-state index contributed by atoms with van der Waals surface area (Å²) in [6, 6.07) is 6.14. The second kappa shape index (κ2) is 9.74. The number of piperidine rings is 1. The molecule has 27 heavy (non-hydrogen) atoms. The van der Waals surface area contributed by atoms with Gasteiger partial charge in [-0.2, -0.15) is 0 Å². The lowest BCUT2D eigenvalue weighted by Gasteiger charge is -2.33. The Morgan fingerprint density at radius 1 is 1.33 bits per heavy atom. The summed E-state index contributed by atoms with van der Waals surface area (Å²) < 4.78 is 6.00. The van der Waals surface area contributed by atoms with Gasteiger partial charge in [0.05, 0.1) is 5.92 Å². The summed E-state index contributed by atoms with van der Waals surface area (Å²) in [5.74, 6) is 0.880. The Bertz CT molecular complexity index is 660. The number of hydrogen-bond donors (Lipinski definition) is 2. The van der Waals surface area contributed by atoms with Crippen LogP contribution >= 0.6 is 0 Å². The van der Waals surface area contributed by atoms with Crippen LogP contribution in [0.1, 0.15) is 50.7 Å². The molecule has 2 atom stereocenters. The van der Waals surface area contributed by atoms with Gasteiger partial charge in [0.2, 0.25) is 5.91 Å². The lowest BCUT2D eigenvalue weighted by Crippen LogP contribution is -2.49. The molecule has 1 heterocycles. The lowest BCUT2D eigenvalue weighted by molar-refractivity contribution is -0.141. The molecule has 2 rings (SSSR count). The maximum absolute atomic E-state index is 12.9. The first kappa shape index (κ1) is 21.2. The van der Waals surface area contributed by atoms with Gasteiger partial charge >= 0.3 is 0 Å². The topological polar surface area (TPSA) is 84.7 Å². The summed E-state index contributed by atoms with van der Waals surface area (Å²) in [5, 5.41) is 2.82. The summed E-state index contributed by atoms with van der Waals surface area (Å²) in [6.45, 7) is 10.0. The van der Waals surface area contributed by atoms with Crippen LogP contribution in [0.15, 0.2) is 18.2 Å². The molecule has 0 aliphatic carbocycles. The minimum atomic E-state index is -0.586. The quantitative estimate of drug-likeness (QED) is 0.765. The number of nitrogens with zero attached hydrogens (tertiary/aromatic N) is 1. The number of likely N-dealkylation sites (tertiary alicyclic amines) is 1. The first-order valence-electron chi connectivity index (χ1n) is 9.87. The Hall–Kier alpha value is -2.08. The summed E-state index contributed by atoms with van der Waals surface area (Å²) in [6.07, 6.45) is 1.03. The molecule has 1 aromatic carbocycles. The molecule has 1 aromatic rings. The molecule has 0 spiro atoms. The van der Waals surface area contributed by atoms with E-state index in [-0.39, 0.29) is 17.7 Å². The average Bonchev–Trinajstić information content (AvgIpc) is 2.66. The van der Waals surface area contributed by atoms with Gasteiger partial charge in [-0.15, -0.1) is 0 Å². The highest BCUT2D eigenvalue weighted by molar-refractivity contribution is 5.83. The zero-order valence-corrected chi connectivity index (χ0v) is 17.0. The predicted octanol–water partition coefficient (Wildman–Crippen LogP) is 2.20. The van der Waals surface area contributed by atoms with Gasteiger partial charge in [0, 0.05) is 26.2 Å². The highest BCUT2D eigenvalue weighted by Crippen LogP contribution is 2.26. The van der Waals surface area contributed by atoms with E-state index in [1.54, 1.807) is 11.8 Å². The molecule has 1 aliphatic heterocycles. The first-order chi connectivity index (χ1) is 12.8. The van der Waals surface area contributed by atoms with Crippen molar-refractivity contribution in [3.05, 3.63) is 29.3 Å². The first-order valence-corrected chi connectivity index (χ1v) is 9.87. The summed E-state index contributed by atoms with van der Waals surface area (Å²) in [7, 11) is 0. The molecule has 0 aromatic heterocycles. The minimum Gasteiger partial charge on any atom is -0.481 e. The van der Waals surface area contributed by atoms with Crippen molar-refractivity contribution in [3.63, 3.8) is 0 Å². The van der Waals surface area contributed by atoms with E-state index in [2.05, 4.69) is 25.2 Å². The molecule has 2 unspecified atom stereocenters. The third kappa shape index (κ3) is 5.70. The maximum Gasteiger partial charge on any atom is 0.263 e. The number of rotatable bonds is 7. The number of ether oxygens (including phenoxy) is 1. The Morgan fingerprint density at radius 3 is 2.74 bits per heavy atom. The van der Waals surface area contributed by atoms with Crippen molar-refractivity contribution in [2.24, 2.45) is 11.7 Å². The van der Waals surface area contributed by atoms with E-state index in [4.69, 9.17) is 10.5 Å². The smallest absolute Gasteiger partial charge is 0.263 e. The van der Waals surface area contributed by atoms with Crippen LogP contribution in [0.3, 0.4) is 0 Å². The standard InChI is InChI=1S/C21H33N3O3/c1-14(2)17-8-7-15(3)19(12-17)27-16(4)21(26)24-11-5-6-18(13-24)20(25)23-10-9-22/h7-8,12,14,16,18H,5-6,9-11,13,22H2,1-4H3,(H,23,25). The molecule has 0 bridgehead atoms. The Morgan fingerprint density at radius 2 is 2.07 bits per heavy atom. The maximum atomic E-state index is 12.9. The van der Waals surface area contributed by atoms with Crippen LogP contribution < -0.4 is 15.8 Å². The number of amides is 2. The van der Waals surface area contributed by atoms with Gasteiger partial charge in [-0.05, 0) is 49.8 Å². The van der Waals surface area contributed by atoms with Crippen LogP contribution in [0, 0.1) is 12.8 Å². The highest BCUT2D eigenvalue weighted by atomic mass is 16.5. The Kier molecular flexibility index (Phi) is 7.66. The summed E-state index contributed by atoms with van der Waals surface area (Å²) >= 11 is 0. The van der Waals surface area contributed by atoms with Crippen molar-refractivity contribution in [2.75, 3.05) is 26.2 Å². The third-order valence-electron chi connectivity index (χ3n) is 5.08. The molecule has 0 saturated carbocycles. The molecule has 1 fully saturated rings. The van der Waals surface area contributed by atoms with Gasteiger partial charge in [-0.3, -0.25) is 9.59 Å². The number of nitrogens with one attached hydrogen (secondary N) is 1. The molecular formula is C21H33N3O3. The van der Waals surface area contributed by atoms with E-state index < -0.39 is 6.10 Å². The predicted molar refractivity (Wildman–Crippen MR) is 107 cm³/mol. The average molecular weight is 376 g/mol. The number of hydrogen-bond acceptors (Lipinski definition) is 4. The molecule has 150 valence electrons. The fourth-order valence-corrected chi connectivity index (χ4v) is 3.33. The van der Waals surface area contributed by atoms with E-state index in [0.717, 1.165) is 24.2 Å². The van der Waals surface area contributed by atoms with E-state index in [9.17, 15) is 9.59 Å². The normalized spacial score (nSPS) is 18.3. The van der Waals surface area contributed by atoms with Gasteiger partial charge in [0.25, 0.3) is 5.91 Å². The van der Waals surface area contributed by atoms with Gasteiger partial charge < -0.3 is 20.7 Å². The monoisotopic (exact) mass is 375 g/mol. The van der Waals surface area contributed by atoms with Gasteiger partial charge in [0.1, 0.15) is 5.75 Å². The van der Waals surface area contributed by atoms with Crippen LogP contribution in [0.2, 0.25) is 0 Å². The second-order valence-electron chi connectivity index (χ2n) is 7.64. The number of benzene rings is 1. The second-order valence-corrected chi connectivity index (χ2v) is 7.64. The zero-order chi connectivity index (χ0) is 20.0. The van der Waals surface area contributed by atoms with Crippen molar-refractivity contribution in [1.82, 2.24) is 10.2 Å². The summed E-state index contributed by atoms with van der Waals surface area (Å²) in [4.78, 5) is 26.8. The van der Waals surface area contributed by atoms with Crippen LogP contribution in [-0.2, 0) is 9.59 Å². The number of nitrogens with two attached hydrogens (primary N) is 1. The van der Waals surface area contributed by atoms with Crippen LogP contribution in [0.5, 0.6) is 5.75 Å². The van der Waals surface area contributed by atoms with Crippen molar-refractivity contribution < 1.29 is 14.3 Å². The summed E-state index contributed by atoms with van der Waals surface area (Å²) in [5.41, 5.74) is 7.64. The highest BCUT2D eigenvalue weighted by Gasteiger charge is 2.31. The van der Waals surface area contributed by atoms with E-state index in [0.29, 0.717) is 32.1 Å². The molecule has 0 radical (unpaired) electrons. The van der Waals surface area contributed by atoms with Gasteiger partial charge in [0.15, 0.2) is 6.10 Å². The van der Waals surface area contributed by atoms with Crippen molar-refractivity contribution >= 4 is 11.8 Å². The lowest BCUT2D eigenvalue weighted by atomic mass is 9.96. The van der Waals surface area contributed by atoms with Crippen molar-refractivity contribution in [2.45, 2.75) is 52.6 Å². The molecule has 1 aliphatic rings. The molecule has 6 nitrogen and oxygen atoms in total. The SMILES string of the molecule is Cc1ccc(C(C)C)cc1OC(C)C(=O)N1CCCC(C(=O)NCCN)C1. The molecular weight excluding hydrogens is 342 g/mol. The largest absolute Gasteiger partial charge is 0.481 e. The van der Waals surface area contributed by atoms with Crippen molar-refractivity contribution in [3.8, 4) is 5.75 Å². The molecule has 6 heteroatoms. The van der Waals surface area contributed by atoms with Crippen molar-refractivity contribution in [1.29, 1.82) is 0 Å². The van der Waals surface area contributed by atoms with E-state index in [1.807, 2.05) is 19.1 Å². The van der Waals surface area contributed by atoms with E-state index >= 15 is 0 Å². The minimum absolute atomic E-state index is 0.0213. The molecule has 2 amide bonds. The zero-order valence-electron chi connectivity index (χ0n) is 17.0. The number of carbonyl (C=O) groups is 2. The molecule has 3 N–H and O–H groups in total. The van der Waals surface area contributed by atoms with Gasteiger partial charge in [-0.1, -0.05) is 26.0 Å². The molecule has 1 saturated heterocycles.